The summed E-state index contributed by atoms with van der Waals surface area (Å²) in [4.78, 5) is 0. The van der Waals surface area contributed by atoms with E-state index in [9.17, 15) is 0 Å². The van der Waals surface area contributed by atoms with Crippen LogP contribution in [0.5, 0.6) is 0 Å². The number of hydrogen-bond donors (Lipinski definition) is 0. The van der Waals surface area contributed by atoms with Gasteiger partial charge in [0.15, 0.2) is 8.32 Å². The Morgan fingerprint density at radius 2 is 2.29 bits per heavy atom. The van der Waals surface area contributed by atoms with Crippen LogP contribution in [0.1, 0.15) is 12.8 Å². The summed E-state index contributed by atoms with van der Waals surface area (Å²) in [6, 6.07) is 0. The minimum Gasteiger partial charge on any atom is -0.417 e. The molecule has 1 aliphatic heterocycles. The Morgan fingerprint density at radius 1 is 1.50 bits per heavy atom. The summed E-state index contributed by atoms with van der Waals surface area (Å²) < 4.78 is 5.97. The summed E-state index contributed by atoms with van der Waals surface area (Å²) in [7, 11) is -1.50. The molecule has 2 aliphatic rings. The molecule has 1 aliphatic carbocycles. The van der Waals surface area contributed by atoms with Crippen molar-refractivity contribution in [1.29, 1.82) is 0 Å². The Balaban J connectivity index is 2.21. The first-order chi connectivity index (χ1) is 6.61. The molecule has 2 rings (SSSR count). The van der Waals surface area contributed by atoms with Gasteiger partial charge in [0, 0.05) is 12.1 Å². The summed E-state index contributed by atoms with van der Waals surface area (Å²) >= 11 is 0. The lowest BCUT2D eigenvalue weighted by Crippen LogP contribution is -2.41. The van der Waals surface area contributed by atoms with Crippen LogP contribution in [-0.4, -0.2) is 14.9 Å². The predicted molar refractivity (Wildman–Crippen MR) is 62.8 cm³/mol. The molecule has 1 fully saturated rings. The molecule has 0 saturated carbocycles. The first-order valence-electron chi connectivity index (χ1n) is 5.33. The second kappa shape index (κ2) is 3.52. The molecular formula is C12H18OSi. The van der Waals surface area contributed by atoms with Gasteiger partial charge in [-0.15, -0.1) is 0 Å². The SMILES string of the molecule is C=C1C=CC=C1C1CCCO[Si]1(C)C. The first kappa shape index (κ1) is 9.93. The van der Waals surface area contributed by atoms with E-state index in [-0.39, 0.29) is 0 Å². The van der Waals surface area contributed by atoms with Gasteiger partial charge >= 0.3 is 0 Å². The zero-order valence-electron chi connectivity index (χ0n) is 9.05. The van der Waals surface area contributed by atoms with Gasteiger partial charge in [-0.1, -0.05) is 24.8 Å². The summed E-state index contributed by atoms with van der Waals surface area (Å²) in [5.74, 6) is 0. The Bertz CT molecular complexity index is 312. The van der Waals surface area contributed by atoms with Crippen LogP contribution in [0.25, 0.3) is 0 Å². The van der Waals surface area contributed by atoms with Gasteiger partial charge < -0.3 is 4.43 Å². The van der Waals surface area contributed by atoms with E-state index in [1.165, 1.54) is 24.0 Å². The standard InChI is InChI=1S/C12H18OSi/c1-10-6-4-7-11(10)12-8-5-9-13-14(12,2)3/h4,6-7,12H,1,5,8-9H2,2-3H3. The number of allylic oxidation sites excluding steroid dienone is 5. The van der Waals surface area contributed by atoms with Crippen LogP contribution in [-0.2, 0) is 4.43 Å². The van der Waals surface area contributed by atoms with Crippen LogP contribution < -0.4 is 0 Å². The summed E-state index contributed by atoms with van der Waals surface area (Å²) in [6.45, 7) is 9.69. The van der Waals surface area contributed by atoms with Crippen LogP contribution in [0.2, 0.25) is 18.6 Å². The van der Waals surface area contributed by atoms with Crippen molar-refractivity contribution in [3.05, 3.63) is 36.0 Å². The maximum Gasteiger partial charge on any atom is 0.194 e. The lowest BCUT2D eigenvalue weighted by molar-refractivity contribution is 0.262. The van der Waals surface area contributed by atoms with Crippen molar-refractivity contribution in [3.63, 3.8) is 0 Å². The third kappa shape index (κ3) is 1.64. The minimum atomic E-state index is -1.50. The van der Waals surface area contributed by atoms with Gasteiger partial charge in [0.2, 0.25) is 0 Å². The third-order valence-corrected chi connectivity index (χ3v) is 6.50. The Hall–Kier alpha value is -0.603. The van der Waals surface area contributed by atoms with Crippen molar-refractivity contribution in [3.8, 4) is 0 Å². The third-order valence-electron chi connectivity index (χ3n) is 3.27. The van der Waals surface area contributed by atoms with Gasteiger partial charge in [-0.05, 0) is 37.1 Å². The monoisotopic (exact) mass is 206 g/mol. The Kier molecular flexibility index (Phi) is 2.50. The maximum absolute atomic E-state index is 5.97. The fourth-order valence-electron chi connectivity index (χ4n) is 2.41. The number of rotatable bonds is 1. The quantitative estimate of drug-likeness (QED) is 0.597. The predicted octanol–water partition coefficient (Wildman–Crippen LogP) is 3.42. The summed E-state index contributed by atoms with van der Waals surface area (Å²) in [6.07, 6.45) is 8.92. The van der Waals surface area contributed by atoms with Crippen molar-refractivity contribution >= 4 is 8.32 Å². The summed E-state index contributed by atoms with van der Waals surface area (Å²) in [5.41, 5.74) is 3.28. The zero-order chi connectivity index (χ0) is 10.2. The van der Waals surface area contributed by atoms with E-state index < -0.39 is 8.32 Å². The smallest absolute Gasteiger partial charge is 0.194 e. The van der Waals surface area contributed by atoms with Crippen LogP contribution in [0.4, 0.5) is 0 Å². The fourth-order valence-corrected chi connectivity index (χ4v) is 5.21. The van der Waals surface area contributed by atoms with Crippen LogP contribution >= 0.6 is 0 Å². The van der Waals surface area contributed by atoms with E-state index in [2.05, 4.69) is 37.9 Å². The van der Waals surface area contributed by atoms with E-state index in [1.54, 1.807) is 0 Å². The van der Waals surface area contributed by atoms with Gasteiger partial charge in [-0.25, -0.2) is 0 Å². The minimum absolute atomic E-state index is 0.652. The van der Waals surface area contributed by atoms with E-state index in [1.807, 2.05) is 0 Å². The average Bonchev–Trinajstić information content (AvgIpc) is 2.51. The highest BCUT2D eigenvalue weighted by Gasteiger charge is 2.39. The van der Waals surface area contributed by atoms with Crippen molar-refractivity contribution in [2.45, 2.75) is 31.5 Å². The largest absolute Gasteiger partial charge is 0.417 e. The average molecular weight is 206 g/mol. The molecule has 1 nitrogen and oxygen atoms in total. The molecule has 0 amide bonds. The molecule has 0 bridgehead atoms. The highest BCUT2D eigenvalue weighted by molar-refractivity contribution is 6.73. The molecule has 0 aromatic rings. The molecule has 0 spiro atoms. The van der Waals surface area contributed by atoms with E-state index >= 15 is 0 Å². The van der Waals surface area contributed by atoms with Gasteiger partial charge in [0.25, 0.3) is 0 Å². The molecule has 1 heterocycles. The lowest BCUT2D eigenvalue weighted by Gasteiger charge is -2.37. The van der Waals surface area contributed by atoms with E-state index in [0.29, 0.717) is 5.54 Å². The van der Waals surface area contributed by atoms with Gasteiger partial charge in [-0.2, -0.15) is 0 Å². The first-order valence-corrected chi connectivity index (χ1v) is 8.31. The molecule has 2 heteroatoms. The molecule has 1 unspecified atom stereocenters. The zero-order valence-corrected chi connectivity index (χ0v) is 10.0. The molecule has 76 valence electrons. The molecule has 0 N–H and O–H groups in total. The van der Waals surface area contributed by atoms with Crippen molar-refractivity contribution in [1.82, 2.24) is 0 Å². The van der Waals surface area contributed by atoms with Gasteiger partial charge in [0.05, 0.1) is 0 Å². The summed E-state index contributed by atoms with van der Waals surface area (Å²) in [5, 5.41) is 0. The topological polar surface area (TPSA) is 9.23 Å². The van der Waals surface area contributed by atoms with E-state index in [0.717, 1.165) is 6.61 Å². The maximum atomic E-state index is 5.97. The second-order valence-corrected chi connectivity index (χ2v) is 8.85. The fraction of sp³-hybridized carbons (Fsp3) is 0.500. The van der Waals surface area contributed by atoms with Crippen molar-refractivity contribution in [2.24, 2.45) is 0 Å². The van der Waals surface area contributed by atoms with Gasteiger partial charge in [0.1, 0.15) is 0 Å². The van der Waals surface area contributed by atoms with Crippen LogP contribution in [0.3, 0.4) is 0 Å². The molecular weight excluding hydrogens is 188 g/mol. The molecule has 0 aromatic heterocycles. The highest BCUT2D eigenvalue weighted by Crippen LogP contribution is 2.42. The van der Waals surface area contributed by atoms with Crippen LogP contribution in [0, 0.1) is 0 Å². The van der Waals surface area contributed by atoms with E-state index in [4.69, 9.17) is 4.43 Å². The van der Waals surface area contributed by atoms with Gasteiger partial charge in [-0.3, -0.25) is 0 Å². The molecule has 1 saturated heterocycles. The normalized spacial score (nSPS) is 30.6. The molecule has 0 aromatic carbocycles. The molecule has 0 radical (unpaired) electrons. The second-order valence-electron chi connectivity index (χ2n) is 4.65. The Morgan fingerprint density at radius 3 is 2.86 bits per heavy atom. The van der Waals surface area contributed by atoms with Crippen molar-refractivity contribution in [2.75, 3.05) is 6.61 Å². The van der Waals surface area contributed by atoms with Crippen LogP contribution in [0.15, 0.2) is 36.0 Å². The lowest BCUT2D eigenvalue weighted by atomic mass is 10.0. The molecule has 14 heavy (non-hydrogen) atoms. The Labute approximate surface area is 87.3 Å². The number of hydrogen-bond acceptors (Lipinski definition) is 1. The molecule has 1 atom stereocenters. The van der Waals surface area contributed by atoms with Crippen molar-refractivity contribution < 1.29 is 4.43 Å². The highest BCUT2D eigenvalue weighted by atomic mass is 28.4.